The maximum atomic E-state index is 18.4. The van der Waals surface area contributed by atoms with Crippen LogP contribution in [0.5, 0.6) is 11.5 Å². The highest BCUT2D eigenvalue weighted by Gasteiger charge is 2.54. The number of hydrogen-bond donors (Lipinski definition) is 0. The van der Waals surface area contributed by atoms with Gasteiger partial charge in [0.05, 0.1) is 20.8 Å². The average Bonchev–Trinajstić information content (AvgIpc) is 3.66. The third-order valence-corrected chi connectivity index (χ3v) is 11.9. The molecular formula is C55H53FN2O9. The van der Waals surface area contributed by atoms with Crippen LogP contribution in [0.1, 0.15) is 65.9 Å². The number of aryl methyl sites for hydroxylation is 1. The van der Waals surface area contributed by atoms with Crippen LogP contribution in [0.25, 0.3) is 0 Å². The second kappa shape index (κ2) is 19.4. The highest BCUT2D eigenvalue weighted by Crippen LogP contribution is 2.48. The molecule has 1 saturated heterocycles. The molecule has 2 heterocycles. The molecule has 1 aliphatic heterocycles. The van der Waals surface area contributed by atoms with E-state index in [1.54, 1.807) is 47.1 Å². The second-order valence-electron chi connectivity index (χ2n) is 17.3. The van der Waals surface area contributed by atoms with Crippen LogP contribution in [-0.2, 0) is 30.1 Å². The summed E-state index contributed by atoms with van der Waals surface area (Å²) in [6, 6.07) is 52.7. The van der Waals surface area contributed by atoms with Crippen molar-refractivity contribution in [3.63, 3.8) is 0 Å². The topological polar surface area (TPSA) is 116 Å². The van der Waals surface area contributed by atoms with E-state index in [1.165, 1.54) is 13.1 Å². The van der Waals surface area contributed by atoms with Gasteiger partial charge < -0.3 is 28.4 Å². The zero-order valence-electron chi connectivity index (χ0n) is 38.2. The van der Waals surface area contributed by atoms with Crippen molar-refractivity contribution in [2.24, 2.45) is 0 Å². The van der Waals surface area contributed by atoms with Crippen LogP contribution >= 0.6 is 0 Å². The van der Waals surface area contributed by atoms with Crippen molar-refractivity contribution in [1.82, 2.24) is 9.13 Å². The van der Waals surface area contributed by atoms with Crippen LogP contribution in [0.2, 0.25) is 0 Å². The van der Waals surface area contributed by atoms with E-state index < -0.39 is 58.8 Å². The summed E-state index contributed by atoms with van der Waals surface area (Å²) in [7, 11) is 3.16. The minimum absolute atomic E-state index is 0.00197. The average molecular weight is 904 g/mol. The monoisotopic (exact) mass is 903 g/mol. The second-order valence-corrected chi connectivity index (χ2v) is 17.3. The Morgan fingerprint density at radius 1 is 0.612 bits per heavy atom. The number of halogens is 1. The van der Waals surface area contributed by atoms with Gasteiger partial charge in [-0.2, -0.15) is 4.57 Å². The Labute approximate surface area is 388 Å². The molecule has 67 heavy (non-hydrogen) atoms. The SMILES string of the molecule is COc1ccc(C(OC[C@H]2O[C@@H](n3cc(C)c(=O)n(C(=O)OC(C)(C)C)c3=O)[C@H](OC(c3ccccc3)(c3ccccc3)c3ccc(OC)cc3)[C@H]2[18F])(c2ccccc2)c2ccccc2)cc1. The fourth-order valence-electron chi connectivity index (χ4n) is 8.74. The summed E-state index contributed by atoms with van der Waals surface area (Å²) in [5, 5.41) is 0. The quantitative estimate of drug-likeness (QED) is 0.0984. The van der Waals surface area contributed by atoms with Gasteiger partial charge in [-0.05, 0) is 85.3 Å². The summed E-state index contributed by atoms with van der Waals surface area (Å²) < 4.78 is 57.8. The first-order valence-electron chi connectivity index (χ1n) is 22.0. The Morgan fingerprint density at radius 2 is 1.01 bits per heavy atom. The minimum atomic E-state index is -2.00. The van der Waals surface area contributed by atoms with Crippen molar-refractivity contribution in [1.29, 1.82) is 0 Å². The molecule has 4 atom stereocenters. The number of hydrogen-bond acceptors (Lipinski definition) is 9. The number of benzene rings is 6. The van der Waals surface area contributed by atoms with Gasteiger partial charge in [-0.1, -0.05) is 146 Å². The molecular weight excluding hydrogens is 851 g/mol. The van der Waals surface area contributed by atoms with Crippen LogP contribution in [0, 0.1) is 6.92 Å². The summed E-state index contributed by atoms with van der Waals surface area (Å²) in [6.07, 6.45) is -6.49. The Balaban J connectivity index is 1.32. The Bertz CT molecular complexity index is 2810. The fraction of sp³-hybridized carbons (Fsp3) is 0.255. The van der Waals surface area contributed by atoms with Crippen molar-refractivity contribution in [2.75, 3.05) is 20.8 Å². The lowest BCUT2D eigenvalue weighted by molar-refractivity contribution is -0.122. The highest BCUT2D eigenvalue weighted by molar-refractivity contribution is 5.70. The number of carbonyl (C=O) groups excluding carboxylic acids is 1. The van der Waals surface area contributed by atoms with Crippen LogP contribution in [0.4, 0.5) is 9.18 Å². The molecule has 6 aromatic carbocycles. The Hall–Kier alpha value is -7.12. The van der Waals surface area contributed by atoms with Crippen LogP contribution in [0.15, 0.2) is 186 Å². The number of ether oxygens (including phenoxy) is 6. The largest absolute Gasteiger partial charge is 0.497 e. The zero-order valence-corrected chi connectivity index (χ0v) is 38.2. The molecule has 8 rings (SSSR count). The van der Waals surface area contributed by atoms with E-state index in [-0.39, 0.29) is 12.2 Å². The summed E-state index contributed by atoms with van der Waals surface area (Å²) in [6.45, 7) is 5.95. The van der Waals surface area contributed by atoms with Gasteiger partial charge in [0.25, 0.3) is 5.56 Å². The molecule has 0 radical (unpaired) electrons. The molecule has 1 aromatic heterocycles. The van der Waals surface area contributed by atoms with Crippen molar-refractivity contribution in [3.05, 3.63) is 236 Å². The van der Waals surface area contributed by atoms with Gasteiger partial charge in [0.1, 0.15) is 40.5 Å². The maximum Gasteiger partial charge on any atom is 0.425 e. The molecule has 0 unspecified atom stereocenters. The lowest BCUT2D eigenvalue weighted by atomic mass is 9.79. The number of alkyl halides is 1. The smallest absolute Gasteiger partial charge is 0.425 e. The van der Waals surface area contributed by atoms with E-state index in [0.717, 1.165) is 21.3 Å². The van der Waals surface area contributed by atoms with Crippen molar-refractivity contribution in [2.45, 2.75) is 69.1 Å². The fourth-order valence-corrected chi connectivity index (χ4v) is 8.74. The summed E-state index contributed by atoms with van der Waals surface area (Å²) in [5.41, 5.74) is -1.76. The first kappa shape index (κ1) is 46.4. The predicted molar refractivity (Wildman–Crippen MR) is 252 cm³/mol. The molecule has 12 heteroatoms. The summed E-state index contributed by atoms with van der Waals surface area (Å²) in [5.74, 6) is 1.22. The van der Waals surface area contributed by atoms with E-state index in [2.05, 4.69) is 0 Å². The van der Waals surface area contributed by atoms with E-state index in [4.69, 9.17) is 28.4 Å². The van der Waals surface area contributed by atoms with Gasteiger partial charge in [0.15, 0.2) is 12.4 Å². The molecule has 7 aromatic rings. The first-order chi connectivity index (χ1) is 32.3. The first-order valence-corrected chi connectivity index (χ1v) is 22.0. The Morgan fingerprint density at radius 3 is 1.43 bits per heavy atom. The van der Waals surface area contributed by atoms with Gasteiger partial charge in [0.2, 0.25) is 0 Å². The molecule has 0 bridgehead atoms. The van der Waals surface area contributed by atoms with Crippen molar-refractivity contribution >= 4 is 6.09 Å². The van der Waals surface area contributed by atoms with E-state index in [1.807, 2.05) is 158 Å². The number of carbonyl (C=O) groups is 1. The van der Waals surface area contributed by atoms with Crippen LogP contribution in [-0.4, -0.2) is 60.0 Å². The third kappa shape index (κ3) is 9.08. The lowest BCUT2D eigenvalue weighted by Crippen LogP contribution is -2.49. The lowest BCUT2D eigenvalue weighted by Gasteiger charge is -2.39. The van der Waals surface area contributed by atoms with Crippen LogP contribution < -0.4 is 20.7 Å². The summed E-state index contributed by atoms with van der Waals surface area (Å²) >= 11 is 0. The van der Waals surface area contributed by atoms with E-state index in [9.17, 15) is 14.4 Å². The molecule has 344 valence electrons. The minimum Gasteiger partial charge on any atom is -0.497 e. The van der Waals surface area contributed by atoms with Gasteiger partial charge in [-0.15, -0.1) is 0 Å². The number of nitrogens with zero attached hydrogens (tertiary/aromatic N) is 2. The highest BCUT2D eigenvalue weighted by atomic mass is 18.2. The maximum absolute atomic E-state index is 18.4. The van der Waals surface area contributed by atoms with E-state index >= 15 is 4.39 Å². The molecule has 0 spiro atoms. The molecule has 0 aliphatic carbocycles. The van der Waals surface area contributed by atoms with Gasteiger partial charge in [0, 0.05) is 11.8 Å². The molecule has 1 aliphatic rings. The standard InChI is InChI=1S/C55H53FN2O9/c1-37-35-57(51(60)58(49(37)59)52(61)67-53(2,3)4)50-48(66-55(40-23-15-9-16-24-40,41-25-17-10-18-26-41)43-29-33-45(63-6)34-30-43)47(56)46(65-50)36-64-54(38-19-11-7-12-20-38,39-21-13-8-14-22-39)42-27-31-44(62-5)32-28-42/h7-35,46-48,50H,36H2,1-6H3/t46-,47+,48-,50-/m1/s1/i56-1. The normalized spacial score (nSPS) is 17.5. The van der Waals surface area contributed by atoms with Gasteiger partial charge >= 0.3 is 11.8 Å². The molecule has 0 saturated carbocycles. The molecule has 1 fully saturated rings. The van der Waals surface area contributed by atoms with Gasteiger partial charge in [-0.3, -0.25) is 9.36 Å². The van der Waals surface area contributed by atoms with E-state index in [0.29, 0.717) is 32.8 Å². The molecule has 11 nitrogen and oxygen atoms in total. The van der Waals surface area contributed by atoms with Crippen molar-refractivity contribution in [3.8, 4) is 11.5 Å². The zero-order chi connectivity index (χ0) is 47.3. The Kier molecular flexibility index (Phi) is 13.4. The van der Waals surface area contributed by atoms with Crippen molar-refractivity contribution < 1.29 is 37.6 Å². The number of aromatic nitrogens is 2. The predicted octanol–water partition coefficient (Wildman–Crippen LogP) is 9.74. The van der Waals surface area contributed by atoms with Gasteiger partial charge in [-0.25, -0.2) is 14.0 Å². The number of rotatable bonds is 14. The third-order valence-electron chi connectivity index (χ3n) is 11.9. The molecule has 0 N–H and O–H groups in total. The van der Waals surface area contributed by atoms with Crippen LogP contribution in [0.3, 0.4) is 0 Å². The molecule has 0 amide bonds. The summed E-state index contributed by atoms with van der Waals surface area (Å²) in [4.78, 5) is 42.0. The number of methoxy groups -OCH3 is 2.